The fraction of sp³-hybridized carbons (Fsp3) is 0.609. The second kappa shape index (κ2) is 13.0. The minimum atomic E-state index is -0.292. The zero-order chi connectivity index (χ0) is 21.8. The maximum absolute atomic E-state index is 13.2. The van der Waals surface area contributed by atoms with Crippen molar-refractivity contribution in [1.29, 1.82) is 5.26 Å². The molecule has 1 N–H and O–H groups in total. The number of piperidine rings is 1. The number of nitriles is 1. The van der Waals surface area contributed by atoms with Gasteiger partial charge in [0.2, 0.25) is 11.8 Å². The molecule has 164 valence electrons. The van der Waals surface area contributed by atoms with Crippen LogP contribution in [0.4, 0.5) is 5.69 Å². The number of hydrogen-bond acceptors (Lipinski definition) is 5. The van der Waals surface area contributed by atoms with Crippen molar-refractivity contribution < 1.29 is 14.3 Å². The van der Waals surface area contributed by atoms with Crippen molar-refractivity contribution in [2.24, 2.45) is 5.92 Å². The van der Waals surface area contributed by atoms with Gasteiger partial charge >= 0.3 is 0 Å². The fourth-order valence-corrected chi connectivity index (χ4v) is 3.74. The topological polar surface area (TPSA) is 85.7 Å². The molecule has 1 saturated heterocycles. The molecule has 0 aromatic heterocycles. The summed E-state index contributed by atoms with van der Waals surface area (Å²) >= 11 is 0. The van der Waals surface area contributed by atoms with Crippen molar-refractivity contribution >= 4 is 17.5 Å². The quantitative estimate of drug-likeness (QED) is 0.563. The Bertz CT molecular complexity index is 696. The molecule has 0 bridgehead atoms. The number of benzene rings is 1. The summed E-state index contributed by atoms with van der Waals surface area (Å²) in [4.78, 5) is 29.4. The maximum Gasteiger partial charge on any atom is 0.244 e. The molecule has 1 aliphatic heterocycles. The van der Waals surface area contributed by atoms with E-state index in [0.29, 0.717) is 45.8 Å². The van der Waals surface area contributed by atoms with Gasteiger partial charge in [-0.15, -0.1) is 0 Å². The zero-order valence-corrected chi connectivity index (χ0v) is 18.2. The average molecular weight is 415 g/mol. The molecule has 30 heavy (non-hydrogen) atoms. The number of nitrogens with one attached hydrogen (secondary N) is 1. The van der Waals surface area contributed by atoms with E-state index in [0.717, 1.165) is 24.9 Å². The Hall–Kier alpha value is -2.43. The monoisotopic (exact) mass is 414 g/mol. The lowest BCUT2D eigenvalue weighted by Gasteiger charge is -2.37. The van der Waals surface area contributed by atoms with E-state index >= 15 is 0 Å². The van der Waals surface area contributed by atoms with Crippen LogP contribution in [0, 0.1) is 17.2 Å². The third-order valence-corrected chi connectivity index (χ3v) is 5.56. The summed E-state index contributed by atoms with van der Waals surface area (Å²) in [7, 11) is 0. The Morgan fingerprint density at radius 2 is 2.00 bits per heavy atom. The highest BCUT2D eigenvalue weighted by molar-refractivity contribution is 5.97. The first-order valence-electron chi connectivity index (χ1n) is 10.9. The first-order chi connectivity index (χ1) is 14.6. The first kappa shape index (κ1) is 23.8. The molecule has 0 radical (unpaired) electrons. The molecule has 2 rings (SSSR count). The van der Waals surface area contributed by atoms with Gasteiger partial charge in [-0.25, -0.2) is 0 Å². The minimum absolute atomic E-state index is 0.000499. The molecule has 0 spiro atoms. The van der Waals surface area contributed by atoms with Crippen LogP contribution in [0.25, 0.3) is 0 Å². The summed E-state index contributed by atoms with van der Waals surface area (Å²) in [6, 6.07) is 11.3. The van der Waals surface area contributed by atoms with E-state index in [2.05, 4.69) is 16.3 Å². The summed E-state index contributed by atoms with van der Waals surface area (Å²) in [6.07, 6.45) is 2.61. The third kappa shape index (κ3) is 7.12. The summed E-state index contributed by atoms with van der Waals surface area (Å²) in [5.74, 6) is 0.0970. The number of nitrogens with zero attached hydrogens (tertiary/aromatic N) is 3. The number of anilines is 1. The molecule has 1 aromatic rings. The normalized spacial score (nSPS) is 15.9. The molecule has 0 saturated carbocycles. The van der Waals surface area contributed by atoms with Gasteiger partial charge in [0.25, 0.3) is 0 Å². The van der Waals surface area contributed by atoms with Gasteiger partial charge in [0, 0.05) is 37.9 Å². The molecule has 0 aliphatic carbocycles. The fourth-order valence-electron chi connectivity index (χ4n) is 3.74. The van der Waals surface area contributed by atoms with Crippen LogP contribution in [-0.2, 0) is 14.3 Å². The summed E-state index contributed by atoms with van der Waals surface area (Å²) in [5.41, 5.74) is 0.811. The highest BCUT2D eigenvalue weighted by Gasteiger charge is 2.31. The Kier molecular flexibility index (Phi) is 10.3. The summed E-state index contributed by atoms with van der Waals surface area (Å²) in [6.45, 7) is 7.68. The van der Waals surface area contributed by atoms with E-state index < -0.39 is 0 Å². The van der Waals surface area contributed by atoms with Crippen LogP contribution in [0.3, 0.4) is 0 Å². The Morgan fingerprint density at radius 3 is 2.63 bits per heavy atom. The second-order valence-electron chi connectivity index (χ2n) is 7.56. The smallest absolute Gasteiger partial charge is 0.244 e. The van der Waals surface area contributed by atoms with Crippen molar-refractivity contribution in [2.45, 2.75) is 45.6 Å². The Morgan fingerprint density at radius 1 is 1.30 bits per heavy atom. The first-order valence-corrected chi connectivity index (χ1v) is 10.9. The van der Waals surface area contributed by atoms with Gasteiger partial charge in [0.1, 0.15) is 0 Å². The number of likely N-dealkylation sites (tertiary alicyclic amines) is 1. The molecule has 1 aromatic carbocycles. The van der Waals surface area contributed by atoms with E-state index in [4.69, 9.17) is 10.00 Å². The Balaban J connectivity index is 1.85. The van der Waals surface area contributed by atoms with Crippen molar-refractivity contribution in [2.75, 3.05) is 44.3 Å². The van der Waals surface area contributed by atoms with Crippen LogP contribution in [0.2, 0.25) is 0 Å². The van der Waals surface area contributed by atoms with Gasteiger partial charge in [-0.3, -0.25) is 14.5 Å². The van der Waals surface area contributed by atoms with Gasteiger partial charge in [0.05, 0.1) is 18.5 Å². The molecule has 1 unspecified atom stereocenters. The number of para-hydroxylation sites is 1. The number of carbonyl (C=O) groups is 2. The summed E-state index contributed by atoms with van der Waals surface area (Å²) < 4.78 is 5.29. The largest absolute Gasteiger partial charge is 0.382 e. The van der Waals surface area contributed by atoms with E-state index in [1.54, 1.807) is 4.90 Å². The minimum Gasteiger partial charge on any atom is -0.382 e. The van der Waals surface area contributed by atoms with Crippen LogP contribution in [0.5, 0.6) is 0 Å². The molecule has 1 aliphatic rings. The molecule has 7 nitrogen and oxygen atoms in total. The SMILES string of the molecule is CCOCCCNC(=O)C1CCN(C(C)C(=O)N(CCC#N)c2ccccc2)CC1. The molecular formula is C23H34N4O3. The van der Waals surface area contributed by atoms with Crippen molar-refractivity contribution in [3.8, 4) is 6.07 Å². The molecule has 2 amide bonds. The highest BCUT2D eigenvalue weighted by Crippen LogP contribution is 2.22. The lowest BCUT2D eigenvalue weighted by atomic mass is 9.94. The van der Waals surface area contributed by atoms with E-state index in [1.807, 2.05) is 44.2 Å². The Labute approximate surface area is 180 Å². The van der Waals surface area contributed by atoms with Crippen molar-refractivity contribution in [1.82, 2.24) is 10.2 Å². The summed E-state index contributed by atoms with van der Waals surface area (Å²) in [5, 5.41) is 12.0. The van der Waals surface area contributed by atoms with Gasteiger partial charge < -0.3 is 15.0 Å². The van der Waals surface area contributed by atoms with Crippen LogP contribution < -0.4 is 10.2 Å². The standard InChI is InChI=1S/C23H34N4O3/c1-3-30-18-8-14-25-22(28)20-11-16-26(17-12-20)19(2)23(29)27(15-7-13-24)21-9-5-4-6-10-21/h4-6,9-10,19-20H,3,7-8,11-12,14-18H2,1-2H3,(H,25,28). The van der Waals surface area contributed by atoms with Crippen LogP contribution in [-0.4, -0.2) is 62.1 Å². The number of ether oxygens (including phenoxy) is 1. The second-order valence-corrected chi connectivity index (χ2v) is 7.56. The number of amides is 2. The number of rotatable bonds is 11. The van der Waals surface area contributed by atoms with Gasteiger partial charge in [0.15, 0.2) is 0 Å². The van der Waals surface area contributed by atoms with Crippen LogP contribution in [0.1, 0.15) is 39.5 Å². The highest BCUT2D eigenvalue weighted by atomic mass is 16.5. The molecule has 1 fully saturated rings. The van der Waals surface area contributed by atoms with E-state index in [1.165, 1.54) is 0 Å². The average Bonchev–Trinajstić information content (AvgIpc) is 2.79. The van der Waals surface area contributed by atoms with Gasteiger partial charge in [-0.2, -0.15) is 5.26 Å². The molecule has 7 heteroatoms. The van der Waals surface area contributed by atoms with Gasteiger partial charge in [-0.1, -0.05) is 18.2 Å². The van der Waals surface area contributed by atoms with E-state index in [9.17, 15) is 9.59 Å². The predicted molar refractivity (Wildman–Crippen MR) is 117 cm³/mol. The third-order valence-electron chi connectivity index (χ3n) is 5.56. The molecule has 1 heterocycles. The molecule has 1 atom stereocenters. The van der Waals surface area contributed by atoms with Gasteiger partial charge in [-0.05, 0) is 58.3 Å². The molecular weight excluding hydrogens is 380 g/mol. The van der Waals surface area contributed by atoms with E-state index in [-0.39, 0.29) is 23.8 Å². The lowest BCUT2D eigenvalue weighted by molar-refractivity contribution is -0.127. The van der Waals surface area contributed by atoms with Crippen molar-refractivity contribution in [3.05, 3.63) is 30.3 Å². The predicted octanol–water partition coefficient (Wildman–Crippen LogP) is 2.58. The van der Waals surface area contributed by atoms with Crippen LogP contribution in [0.15, 0.2) is 30.3 Å². The lowest BCUT2D eigenvalue weighted by Crippen LogP contribution is -2.51. The van der Waals surface area contributed by atoms with Crippen molar-refractivity contribution in [3.63, 3.8) is 0 Å². The zero-order valence-electron chi connectivity index (χ0n) is 18.2. The number of carbonyl (C=O) groups excluding carboxylic acids is 2. The number of hydrogen-bond donors (Lipinski definition) is 1. The maximum atomic E-state index is 13.2. The van der Waals surface area contributed by atoms with Crippen LogP contribution >= 0.6 is 0 Å².